The zero-order chi connectivity index (χ0) is 19.4. The van der Waals surface area contributed by atoms with E-state index < -0.39 is 5.97 Å². The highest BCUT2D eigenvalue weighted by Crippen LogP contribution is 2.16. The lowest BCUT2D eigenvalue weighted by molar-refractivity contribution is 0.0535. The van der Waals surface area contributed by atoms with E-state index in [1.165, 1.54) is 24.3 Å². The molecule has 0 radical (unpaired) electrons. The lowest BCUT2D eigenvalue weighted by Crippen LogP contribution is -2.50. The van der Waals surface area contributed by atoms with Gasteiger partial charge in [-0.3, -0.25) is 9.59 Å². The molecule has 27 heavy (non-hydrogen) atoms. The molecule has 1 N–H and O–H groups in total. The summed E-state index contributed by atoms with van der Waals surface area (Å²) in [7, 11) is 1.55. The largest absolute Gasteiger partial charge is 0.497 e. The van der Waals surface area contributed by atoms with Crippen LogP contribution in [0.4, 0.5) is 0 Å². The number of amides is 2. The van der Waals surface area contributed by atoms with E-state index in [0.29, 0.717) is 43.1 Å². The fourth-order valence-electron chi connectivity index (χ4n) is 2.99. The number of methoxy groups -OCH3 is 1. The lowest BCUT2D eigenvalue weighted by atomic mass is 10.1. The van der Waals surface area contributed by atoms with Gasteiger partial charge in [0, 0.05) is 37.3 Å². The average Bonchev–Trinajstić information content (AvgIpc) is 2.73. The molecule has 140 valence electrons. The number of hydrogen-bond acceptors (Lipinski definition) is 4. The highest BCUT2D eigenvalue weighted by Gasteiger charge is 2.25. The van der Waals surface area contributed by atoms with E-state index in [2.05, 4.69) is 0 Å². The summed E-state index contributed by atoms with van der Waals surface area (Å²) in [4.78, 5) is 39.5. The van der Waals surface area contributed by atoms with E-state index >= 15 is 0 Å². The third-order valence-corrected chi connectivity index (χ3v) is 4.55. The van der Waals surface area contributed by atoms with Crippen LogP contribution in [0.2, 0.25) is 0 Å². The van der Waals surface area contributed by atoms with Gasteiger partial charge >= 0.3 is 5.97 Å². The fraction of sp³-hybridized carbons (Fsp3) is 0.250. The van der Waals surface area contributed by atoms with Gasteiger partial charge in [-0.15, -0.1) is 0 Å². The molecule has 7 nitrogen and oxygen atoms in total. The Hall–Kier alpha value is -3.35. The van der Waals surface area contributed by atoms with E-state index in [-0.39, 0.29) is 17.4 Å². The molecule has 0 aliphatic carbocycles. The van der Waals surface area contributed by atoms with Gasteiger partial charge in [0.15, 0.2) is 0 Å². The molecule has 1 aliphatic heterocycles. The van der Waals surface area contributed by atoms with Crippen molar-refractivity contribution >= 4 is 17.8 Å². The van der Waals surface area contributed by atoms with Crippen LogP contribution < -0.4 is 4.74 Å². The van der Waals surface area contributed by atoms with Crippen LogP contribution in [0.25, 0.3) is 0 Å². The first kappa shape index (κ1) is 18.4. The Morgan fingerprint density at radius 2 is 1.33 bits per heavy atom. The van der Waals surface area contributed by atoms with Gasteiger partial charge in [-0.2, -0.15) is 0 Å². The number of piperazine rings is 1. The van der Waals surface area contributed by atoms with E-state index in [0.717, 1.165) is 0 Å². The zero-order valence-corrected chi connectivity index (χ0v) is 14.9. The molecule has 1 aliphatic rings. The van der Waals surface area contributed by atoms with Crippen LogP contribution >= 0.6 is 0 Å². The zero-order valence-electron chi connectivity index (χ0n) is 14.9. The standard InChI is InChI=1S/C20H20N2O5/c1-27-17-4-2-3-16(13-17)19(24)22-11-9-21(10-12-22)18(23)14-5-7-15(8-6-14)20(25)26/h2-8,13H,9-12H2,1H3,(H,25,26). The smallest absolute Gasteiger partial charge is 0.335 e. The SMILES string of the molecule is COc1cccc(C(=O)N2CCN(C(=O)c3ccc(C(=O)O)cc3)CC2)c1. The number of carbonyl (C=O) groups is 3. The number of ether oxygens (including phenoxy) is 1. The highest BCUT2D eigenvalue weighted by atomic mass is 16.5. The van der Waals surface area contributed by atoms with E-state index in [4.69, 9.17) is 9.84 Å². The van der Waals surface area contributed by atoms with Crippen molar-refractivity contribution in [2.45, 2.75) is 0 Å². The fourth-order valence-corrected chi connectivity index (χ4v) is 2.99. The molecule has 2 aromatic carbocycles. The van der Waals surface area contributed by atoms with Crippen LogP contribution in [-0.4, -0.2) is 66.0 Å². The van der Waals surface area contributed by atoms with E-state index in [1.807, 2.05) is 0 Å². The summed E-state index contributed by atoms with van der Waals surface area (Å²) < 4.78 is 5.15. The van der Waals surface area contributed by atoms with Crippen molar-refractivity contribution < 1.29 is 24.2 Å². The normalized spacial score (nSPS) is 14.0. The second-order valence-corrected chi connectivity index (χ2v) is 6.20. The predicted octanol–water partition coefficient (Wildman–Crippen LogP) is 1.99. The first-order valence-electron chi connectivity index (χ1n) is 8.55. The third kappa shape index (κ3) is 4.08. The molecule has 1 fully saturated rings. The summed E-state index contributed by atoms with van der Waals surface area (Å²) in [5.41, 5.74) is 1.13. The van der Waals surface area contributed by atoms with Crippen LogP contribution in [-0.2, 0) is 0 Å². The van der Waals surface area contributed by atoms with Gasteiger partial charge in [-0.1, -0.05) is 6.07 Å². The second kappa shape index (κ2) is 7.90. The van der Waals surface area contributed by atoms with Crippen LogP contribution in [0, 0.1) is 0 Å². The molecule has 0 aromatic heterocycles. The summed E-state index contributed by atoms with van der Waals surface area (Å²) in [6.07, 6.45) is 0. The topological polar surface area (TPSA) is 87.2 Å². The lowest BCUT2D eigenvalue weighted by Gasteiger charge is -2.35. The summed E-state index contributed by atoms with van der Waals surface area (Å²) in [6.45, 7) is 1.73. The van der Waals surface area contributed by atoms with E-state index in [9.17, 15) is 14.4 Å². The van der Waals surface area contributed by atoms with Crippen molar-refractivity contribution in [1.82, 2.24) is 9.80 Å². The van der Waals surface area contributed by atoms with Crippen molar-refractivity contribution in [3.05, 3.63) is 65.2 Å². The number of carbonyl (C=O) groups excluding carboxylic acids is 2. The number of rotatable bonds is 4. The van der Waals surface area contributed by atoms with Crippen LogP contribution in [0.3, 0.4) is 0 Å². The first-order chi connectivity index (χ1) is 13.0. The summed E-state index contributed by atoms with van der Waals surface area (Å²) in [6, 6.07) is 12.8. The summed E-state index contributed by atoms with van der Waals surface area (Å²) >= 11 is 0. The number of hydrogen-bond donors (Lipinski definition) is 1. The Morgan fingerprint density at radius 3 is 1.85 bits per heavy atom. The Morgan fingerprint density at radius 1 is 0.815 bits per heavy atom. The average molecular weight is 368 g/mol. The quantitative estimate of drug-likeness (QED) is 0.892. The van der Waals surface area contributed by atoms with Crippen molar-refractivity contribution in [3.63, 3.8) is 0 Å². The predicted molar refractivity (Wildman–Crippen MR) is 98.2 cm³/mol. The molecule has 0 saturated carbocycles. The number of carboxylic acids is 1. The summed E-state index contributed by atoms with van der Waals surface area (Å²) in [5, 5.41) is 8.93. The van der Waals surface area contributed by atoms with Crippen molar-refractivity contribution in [1.29, 1.82) is 0 Å². The maximum Gasteiger partial charge on any atom is 0.335 e. The van der Waals surface area contributed by atoms with E-state index in [1.54, 1.807) is 41.2 Å². The number of nitrogens with zero attached hydrogens (tertiary/aromatic N) is 2. The Kier molecular flexibility index (Phi) is 5.40. The van der Waals surface area contributed by atoms with Gasteiger partial charge in [0.2, 0.25) is 0 Å². The molecule has 3 rings (SSSR count). The van der Waals surface area contributed by atoms with Crippen molar-refractivity contribution in [2.24, 2.45) is 0 Å². The molecule has 7 heteroatoms. The van der Waals surface area contributed by atoms with Gasteiger partial charge in [-0.05, 0) is 42.5 Å². The molecule has 1 saturated heterocycles. The molecule has 1 heterocycles. The molecular weight excluding hydrogens is 348 g/mol. The molecule has 0 bridgehead atoms. The minimum atomic E-state index is -1.03. The Labute approximate surface area is 156 Å². The van der Waals surface area contributed by atoms with Gasteiger partial charge < -0.3 is 19.6 Å². The molecular formula is C20H20N2O5. The van der Waals surface area contributed by atoms with Crippen LogP contribution in [0.5, 0.6) is 5.75 Å². The third-order valence-electron chi connectivity index (χ3n) is 4.55. The maximum atomic E-state index is 12.6. The summed E-state index contributed by atoms with van der Waals surface area (Å²) in [5.74, 6) is -0.662. The molecule has 0 unspecified atom stereocenters. The number of carboxylic acid groups (broad SMARTS) is 1. The van der Waals surface area contributed by atoms with Crippen LogP contribution in [0.15, 0.2) is 48.5 Å². The van der Waals surface area contributed by atoms with Gasteiger partial charge in [0.1, 0.15) is 5.75 Å². The van der Waals surface area contributed by atoms with Crippen LogP contribution in [0.1, 0.15) is 31.1 Å². The van der Waals surface area contributed by atoms with Gasteiger partial charge in [0.25, 0.3) is 11.8 Å². The minimum absolute atomic E-state index is 0.0909. The monoisotopic (exact) mass is 368 g/mol. The van der Waals surface area contributed by atoms with Crippen molar-refractivity contribution in [2.75, 3.05) is 33.3 Å². The molecule has 0 atom stereocenters. The maximum absolute atomic E-state index is 12.6. The minimum Gasteiger partial charge on any atom is -0.497 e. The van der Waals surface area contributed by atoms with Gasteiger partial charge in [0.05, 0.1) is 12.7 Å². The Balaban J connectivity index is 1.61. The molecule has 0 spiro atoms. The Bertz CT molecular complexity index is 855. The molecule has 2 aromatic rings. The second-order valence-electron chi connectivity index (χ2n) is 6.20. The van der Waals surface area contributed by atoms with Crippen molar-refractivity contribution in [3.8, 4) is 5.75 Å². The number of aromatic carboxylic acids is 1. The first-order valence-corrected chi connectivity index (χ1v) is 8.55. The highest BCUT2D eigenvalue weighted by molar-refractivity contribution is 5.97. The van der Waals surface area contributed by atoms with Gasteiger partial charge in [-0.25, -0.2) is 4.79 Å². The number of benzene rings is 2. The molecule has 2 amide bonds.